The van der Waals surface area contributed by atoms with Gasteiger partial charge in [0.1, 0.15) is 23.4 Å². The minimum Gasteiger partial charge on any atom is -0.492 e. The third kappa shape index (κ3) is 3.96. The number of aromatic nitrogens is 2. The highest BCUT2D eigenvalue weighted by atomic mass is 19.1. The summed E-state index contributed by atoms with van der Waals surface area (Å²) in [5.41, 5.74) is 0.598. The van der Waals surface area contributed by atoms with Gasteiger partial charge in [-0.15, -0.1) is 0 Å². The number of anilines is 1. The molecule has 1 aliphatic heterocycles. The number of nitrogens with zero attached hydrogens (tertiary/aromatic N) is 3. The third-order valence-corrected chi connectivity index (χ3v) is 4.84. The Balaban J connectivity index is 1.53. The Morgan fingerprint density at radius 2 is 2.13 bits per heavy atom. The minimum atomic E-state index is -0.782. The summed E-state index contributed by atoms with van der Waals surface area (Å²) in [5, 5.41) is 6.67. The summed E-state index contributed by atoms with van der Waals surface area (Å²) in [6.45, 7) is 2.85. The lowest BCUT2D eigenvalue weighted by atomic mass is 10.2. The first kappa shape index (κ1) is 19.8. The van der Waals surface area contributed by atoms with Gasteiger partial charge in [0.05, 0.1) is 17.9 Å². The number of nitrogens with one attached hydrogen (secondary N) is 1. The highest BCUT2D eigenvalue weighted by Crippen LogP contribution is 2.34. The van der Waals surface area contributed by atoms with Crippen molar-refractivity contribution < 1.29 is 22.8 Å². The molecule has 0 radical (unpaired) electrons. The molecule has 2 heterocycles. The molecular weight excluding hydrogens is 394 g/mol. The third-order valence-electron chi connectivity index (χ3n) is 4.84. The summed E-state index contributed by atoms with van der Waals surface area (Å²) in [6, 6.07) is 9.55. The van der Waals surface area contributed by atoms with Crippen LogP contribution in [-0.2, 0) is 0 Å². The number of para-hydroxylation sites is 2. The van der Waals surface area contributed by atoms with E-state index >= 15 is 0 Å². The number of carbonyl (C=O) groups excluding carboxylic acids is 1. The first-order valence-corrected chi connectivity index (χ1v) is 9.65. The van der Waals surface area contributed by atoms with E-state index in [-0.39, 0.29) is 23.3 Å². The Hall–Kier alpha value is -3.49. The molecule has 1 unspecified atom stereocenters. The monoisotopic (exact) mass is 414 g/mol. The van der Waals surface area contributed by atoms with Gasteiger partial charge in [0.15, 0.2) is 0 Å². The van der Waals surface area contributed by atoms with Gasteiger partial charge in [-0.25, -0.2) is 13.6 Å². The van der Waals surface area contributed by atoms with E-state index in [0.717, 1.165) is 18.6 Å². The largest absolute Gasteiger partial charge is 0.492 e. The Labute approximate surface area is 171 Å². The van der Waals surface area contributed by atoms with Gasteiger partial charge in [-0.05, 0) is 44.0 Å². The van der Waals surface area contributed by atoms with Crippen molar-refractivity contribution in [1.82, 2.24) is 15.0 Å². The molecule has 0 saturated carbocycles. The number of rotatable bonds is 5. The molecular formula is C21H20F2N4O3. The molecule has 2 amide bonds. The SMILES string of the molecule is CCOc1ccccc1NC(=O)N1CCCC1c1nc(-c2ccc(F)cc2F)no1. The van der Waals surface area contributed by atoms with E-state index in [1.807, 2.05) is 13.0 Å². The van der Waals surface area contributed by atoms with Crippen LogP contribution in [0.5, 0.6) is 5.75 Å². The van der Waals surface area contributed by atoms with Crippen LogP contribution in [-0.4, -0.2) is 34.2 Å². The second kappa shape index (κ2) is 8.48. The summed E-state index contributed by atoms with van der Waals surface area (Å²) >= 11 is 0. The number of hydrogen-bond acceptors (Lipinski definition) is 5. The van der Waals surface area contributed by atoms with Crippen LogP contribution in [0.3, 0.4) is 0 Å². The molecule has 156 valence electrons. The standard InChI is InChI=1S/C21H20F2N4O3/c1-2-29-18-8-4-3-6-16(18)24-21(28)27-11-5-7-17(27)20-25-19(26-30-20)14-10-9-13(22)12-15(14)23/h3-4,6,8-10,12,17H,2,5,7,11H2,1H3,(H,24,28). The van der Waals surface area contributed by atoms with Crippen LogP contribution in [0.25, 0.3) is 11.4 Å². The number of urea groups is 1. The van der Waals surface area contributed by atoms with E-state index in [1.54, 1.807) is 23.1 Å². The Bertz CT molecular complexity index is 1060. The van der Waals surface area contributed by atoms with Crippen molar-refractivity contribution in [2.75, 3.05) is 18.5 Å². The van der Waals surface area contributed by atoms with E-state index < -0.39 is 17.7 Å². The predicted molar refractivity (Wildman–Crippen MR) is 105 cm³/mol. The second-order valence-electron chi connectivity index (χ2n) is 6.79. The van der Waals surface area contributed by atoms with Crippen LogP contribution in [0.2, 0.25) is 0 Å². The highest BCUT2D eigenvalue weighted by molar-refractivity contribution is 5.91. The Kier molecular flexibility index (Phi) is 5.60. The maximum Gasteiger partial charge on any atom is 0.322 e. The van der Waals surface area contributed by atoms with E-state index in [2.05, 4.69) is 15.5 Å². The molecule has 9 heteroatoms. The first-order chi connectivity index (χ1) is 14.6. The number of ether oxygens (including phenoxy) is 1. The lowest BCUT2D eigenvalue weighted by Gasteiger charge is -2.23. The lowest BCUT2D eigenvalue weighted by molar-refractivity contribution is 0.193. The molecule has 0 aliphatic carbocycles. The van der Waals surface area contributed by atoms with Crippen LogP contribution in [0, 0.1) is 11.6 Å². The zero-order chi connectivity index (χ0) is 21.1. The molecule has 1 aromatic heterocycles. The maximum absolute atomic E-state index is 14.0. The number of hydrogen-bond donors (Lipinski definition) is 1. The minimum absolute atomic E-state index is 0.0106. The van der Waals surface area contributed by atoms with E-state index in [0.29, 0.717) is 31.0 Å². The van der Waals surface area contributed by atoms with Crippen LogP contribution in [0.15, 0.2) is 47.0 Å². The summed E-state index contributed by atoms with van der Waals surface area (Å²) in [7, 11) is 0. The number of likely N-dealkylation sites (tertiary alicyclic amines) is 1. The lowest BCUT2D eigenvalue weighted by Crippen LogP contribution is -2.34. The van der Waals surface area contributed by atoms with Gasteiger partial charge in [-0.2, -0.15) is 4.98 Å². The number of amides is 2. The number of carbonyl (C=O) groups is 1. The van der Waals surface area contributed by atoms with Crippen molar-refractivity contribution >= 4 is 11.7 Å². The topological polar surface area (TPSA) is 80.5 Å². The van der Waals surface area contributed by atoms with Crippen LogP contribution in [0.4, 0.5) is 19.3 Å². The fourth-order valence-electron chi connectivity index (χ4n) is 3.46. The van der Waals surface area contributed by atoms with Crippen molar-refractivity contribution in [3.8, 4) is 17.1 Å². The van der Waals surface area contributed by atoms with Gasteiger partial charge in [0, 0.05) is 12.6 Å². The molecule has 1 fully saturated rings. The fraction of sp³-hybridized carbons (Fsp3) is 0.286. The van der Waals surface area contributed by atoms with Crippen LogP contribution in [0.1, 0.15) is 31.7 Å². The summed E-state index contributed by atoms with van der Waals surface area (Å²) in [5.74, 6) is -0.672. The molecule has 4 rings (SSSR count). The Morgan fingerprint density at radius 1 is 1.30 bits per heavy atom. The van der Waals surface area contributed by atoms with Gasteiger partial charge in [0.25, 0.3) is 0 Å². The average molecular weight is 414 g/mol. The van der Waals surface area contributed by atoms with Crippen LogP contribution >= 0.6 is 0 Å². The highest BCUT2D eigenvalue weighted by Gasteiger charge is 2.34. The van der Waals surface area contributed by atoms with Crippen molar-refractivity contribution in [2.24, 2.45) is 0 Å². The van der Waals surface area contributed by atoms with Gasteiger partial charge >= 0.3 is 6.03 Å². The van der Waals surface area contributed by atoms with Crippen molar-refractivity contribution in [3.63, 3.8) is 0 Å². The average Bonchev–Trinajstić information content (AvgIpc) is 3.39. The smallest absolute Gasteiger partial charge is 0.322 e. The predicted octanol–water partition coefficient (Wildman–Crippen LogP) is 4.78. The summed E-state index contributed by atoms with van der Waals surface area (Å²) < 4.78 is 38.0. The van der Waals surface area contributed by atoms with Crippen molar-refractivity contribution in [1.29, 1.82) is 0 Å². The number of halogens is 2. The van der Waals surface area contributed by atoms with Crippen molar-refractivity contribution in [2.45, 2.75) is 25.8 Å². The second-order valence-corrected chi connectivity index (χ2v) is 6.79. The van der Waals surface area contributed by atoms with Crippen LogP contribution < -0.4 is 10.1 Å². The summed E-state index contributed by atoms with van der Waals surface area (Å²) in [6.07, 6.45) is 1.39. The summed E-state index contributed by atoms with van der Waals surface area (Å²) in [4.78, 5) is 18.7. The quantitative estimate of drug-likeness (QED) is 0.650. The molecule has 0 spiro atoms. The number of benzene rings is 2. The van der Waals surface area contributed by atoms with Gasteiger partial charge in [0.2, 0.25) is 11.7 Å². The van der Waals surface area contributed by atoms with Gasteiger partial charge in [-0.1, -0.05) is 17.3 Å². The molecule has 1 N–H and O–H groups in total. The normalized spacial score (nSPS) is 16.0. The van der Waals surface area contributed by atoms with E-state index in [9.17, 15) is 13.6 Å². The molecule has 2 aromatic carbocycles. The first-order valence-electron chi connectivity index (χ1n) is 9.65. The zero-order valence-electron chi connectivity index (χ0n) is 16.3. The molecule has 3 aromatic rings. The van der Waals surface area contributed by atoms with Gasteiger partial charge in [-0.3, -0.25) is 0 Å². The van der Waals surface area contributed by atoms with Crippen molar-refractivity contribution in [3.05, 3.63) is 60.0 Å². The van der Waals surface area contributed by atoms with E-state index in [4.69, 9.17) is 9.26 Å². The molecule has 30 heavy (non-hydrogen) atoms. The molecule has 0 bridgehead atoms. The fourth-order valence-corrected chi connectivity index (χ4v) is 3.46. The molecule has 1 saturated heterocycles. The molecule has 1 atom stereocenters. The molecule has 1 aliphatic rings. The zero-order valence-corrected chi connectivity index (χ0v) is 16.3. The van der Waals surface area contributed by atoms with Gasteiger partial charge < -0.3 is 19.5 Å². The molecule has 7 nitrogen and oxygen atoms in total. The maximum atomic E-state index is 14.0. The van der Waals surface area contributed by atoms with E-state index in [1.165, 1.54) is 6.07 Å². The Morgan fingerprint density at radius 3 is 2.93 bits per heavy atom.